The van der Waals surface area contributed by atoms with Gasteiger partial charge in [-0.3, -0.25) is 14.4 Å². The molecular weight excluding hydrogens is 254 g/mol. The van der Waals surface area contributed by atoms with Gasteiger partial charge in [-0.15, -0.1) is 0 Å². The molecule has 5 nitrogen and oxygen atoms in total. The fraction of sp³-hybridized carbons (Fsp3) is 0.467. The maximum Gasteiger partial charge on any atom is 0.304 e. The van der Waals surface area contributed by atoms with E-state index < -0.39 is 5.97 Å². The molecule has 1 aromatic carbocycles. The fourth-order valence-electron chi connectivity index (χ4n) is 2.56. The van der Waals surface area contributed by atoms with Crippen molar-refractivity contribution in [2.24, 2.45) is 7.05 Å². The molecule has 0 spiro atoms. The Kier molecular flexibility index (Phi) is 4.39. The van der Waals surface area contributed by atoms with Crippen LogP contribution in [-0.4, -0.2) is 38.3 Å². The Morgan fingerprint density at radius 1 is 1.45 bits per heavy atom. The van der Waals surface area contributed by atoms with Crippen LogP contribution in [0.15, 0.2) is 24.3 Å². The lowest BCUT2D eigenvalue weighted by molar-refractivity contribution is -0.138. The molecule has 5 heteroatoms. The van der Waals surface area contributed by atoms with Crippen LogP contribution in [0.4, 0.5) is 0 Å². The summed E-state index contributed by atoms with van der Waals surface area (Å²) in [5.74, 6) is -0.762. The molecule has 0 aliphatic carbocycles. The third kappa shape index (κ3) is 2.99. The van der Waals surface area contributed by atoms with Gasteiger partial charge in [0.1, 0.15) is 0 Å². The predicted octanol–water partition coefficient (Wildman–Crippen LogP) is 2.26. The van der Waals surface area contributed by atoms with Crippen molar-refractivity contribution in [2.45, 2.75) is 32.9 Å². The highest BCUT2D eigenvalue weighted by molar-refractivity contribution is 5.81. The number of fused-ring (bicyclic) bond motifs is 1. The Balaban J connectivity index is 2.23. The van der Waals surface area contributed by atoms with Gasteiger partial charge < -0.3 is 5.11 Å². The van der Waals surface area contributed by atoms with E-state index in [9.17, 15) is 4.79 Å². The minimum absolute atomic E-state index is 0.00160. The van der Waals surface area contributed by atoms with Crippen LogP contribution in [0.25, 0.3) is 10.9 Å². The molecule has 0 saturated carbocycles. The average molecular weight is 275 g/mol. The average Bonchev–Trinajstić information content (AvgIpc) is 2.72. The van der Waals surface area contributed by atoms with Crippen molar-refractivity contribution in [3.05, 3.63) is 30.0 Å². The molecule has 0 aliphatic rings. The van der Waals surface area contributed by atoms with Crippen LogP contribution < -0.4 is 0 Å². The standard InChI is InChI=1S/C15H21N3O2/c1-4-18(11(2)9-15(19)20)10-13-12-7-5-6-8-14(12)17(3)16-13/h5-8,11H,4,9-10H2,1-3H3,(H,19,20). The predicted molar refractivity (Wildman–Crippen MR) is 78.5 cm³/mol. The molecule has 0 radical (unpaired) electrons. The first-order chi connectivity index (χ1) is 9.52. The summed E-state index contributed by atoms with van der Waals surface area (Å²) >= 11 is 0. The number of para-hydroxylation sites is 1. The highest BCUT2D eigenvalue weighted by atomic mass is 16.4. The lowest BCUT2D eigenvalue weighted by Gasteiger charge is -2.25. The van der Waals surface area contributed by atoms with Gasteiger partial charge in [-0.2, -0.15) is 5.10 Å². The zero-order valence-corrected chi connectivity index (χ0v) is 12.2. The maximum absolute atomic E-state index is 10.9. The Morgan fingerprint density at radius 2 is 2.15 bits per heavy atom. The van der Waals surface area contributed by atoms with Gasteiger partial charge in [0.05, 0.1) is 17.6 Å². The molecule has 0 aliphatic heterocycles. The summed E-state index contributed by atoms with van der Waals surface area (Å²) in [4.78, 5) is 13.0. The van der Waals surface area contributed by atoms with Gasteiger partial charge in [0.15, 0.2) is 0 Å². The van der Waals surface area contributed by atoms with Crippen molar-refractivity contribution in [3.63, 3.8) is 0 Å². The number of nitrogens with zero attached hydrogens (tertiary/aromatic N) is 3. The quantitative estimate of drug-likeness (QED) is 0.878. The fourth-order valence-corrected chi connectivity index (χ4v) is 2.56. The topological polar surface area (TPSA) is 58.4 Å². The number of aryl methyl sites for hydroxylation is 1. The zero-order chi connectivity index (χ0) is 14.7. The summed E-state index contributed by atoms with van der Waals surface area (Å²) in [6.07, 6.45) is 0.151. The van der Waals surface area contributed by atoms with Gasteiger partial charge in [-0.05, 0) is 19.5 Å². The number of carboxylic acid groups (broad SMARTS) is 1. The molecule has 2 rings (SSSR count). The molecule has 0 amide bonds. The molecule has 1 N–H and O–H groups in total. The van der Waals surface area contributed by atoms with E-state index in [0.29, 0.717) is 6.54 Å². The first-order valence-electron chi connectivity index (χ1n) is 6.89. The van der Waals surface area contributed by atoms with Crippen molar-refractivity contribution in [1.82, 2.24) is 14.7 Å². The Morgan fingerprint density at radius 3 is 2.80 bits per heavy atom. The minimum atomic E-state index is -0.762. The number of aromatic nitrogens is 2. The highest BCUT2D eigenvalue weighted by Gasteiger charge is 2.18. The van der Waals surface area contributed by atoms with Gasteiger partial charge in [-0.25, -0.2) is 0 Å². The summed E-state index contributed by atoms with van der Waals surface area (Å²) in [5, 5.41) is 14.6. The van der Waals surface area contributed by atoms with Crippen LogP contribution in [-0.2, 0) is 18.4 Å². The molecule has 1 heterocycles. The summed E-state index contributed by atoms with van der Waals surface area (Å²) in [5.41, 5.74) is 2.10. The number of benzene rings is 1. The van der Waals surface area contributed by atoms with Gasteiger partial charge in [0.2, 0.25) is 0 Å². The molecule has 108 valence electrons. The zero-order valence-electron chi connectivity index (χ0n) is 12.2. The summed E-state index contributed by atoms with van der Waals surface area (Å²) < 4.78 is 1.88. The second kappa shape index (κ2) is 6.05. The largest absolute Gasteiger partial charge is 0.481 e. The van der Waals surface area contributed by atoms with Crippen LogP contribution in [0, 0.1) is 0 Å². The third-order valence-corrected chi connectivity index (χ3v) is 3.69. The third-order valence-electron chi connectivity index (χ3n) is 3.69. The van der Waals surface area contributed by atoms with E-state index in [-0.39, 0.29) is 12.5 Å². The minimum Gasteiger partial charge on any atom is -0.481 e. The SMILES string of the molecule is CCN(Cc1nn(C)c2ccccc12)C(C)CC(=O)O. The van der Waals surface area contributed by atoms with Gasteiger partial charge in [-0.1, -0.05) is 25.1 Å². The van der Waals surface area contributed by atoms with E-state index in [2.05, 4.69) is 16.1 Å². The van der Waals surface area contributed by atoms with Crippen LogP contribution >= 0.6 is 0 Å². The van der Waals surface area contributed by atoms with E-state index in [1.54, 1.807) is 0 Å². The number of carbonyl (C=O) groups is 1. The van der Waals surface area contributed by atoms with Gasteiger partial charge in [0.25, 0.3) is 0 Å². The van der Waals surface area contributed by atoms with Gasteiger partial charge >= 0.3 is 5.97 Å². The van der Waals surface area contributed by atoms with Crippen LogP contribution in [0.1, 0.15) is 26.0 Å². The van der Waals surface area contributed by atoms with Crippen molar-refractivity contribution in [1.29, 1.82) is 0 Å². The summed E-state index contributed by atoms with van der Waals surface area (Å²) in [7, 11) is 1.93. The first-order valence-corrected chi connectivity index (χ1v) is 6.89. The smallest absolute Gasteiger partial charge is 0.304 e. The maximum atomic E-state index is 10.9. The lowest BCUT2D eigenvalue weighted by Crippen LogP contribution is -2.34. The van der Waals surface area contributed by atoms with Crippen LogP contribution in [0.3, 0.4) is 0 Å². The van der Waals surface area contributed by atoms with E-state index in [1.807, 2.05) is 43.8 Å². The number of carboxylic acids is 1. The molecule has 0 saturated heterocycles. The van der Waals surface area contributed by atoms with Crippen LogP contribution in [0.2, 0.25) is 0 Å². The second-order valence-corrected chi connectivity index (χ2v) is 5.10. The molecule has 1 aromatic heterocycles. The number of rotatable bonds is 6. The lowest BCUT2D eigenvalue weighted by atomic mass is 10.1. The number of aliphatic carboxylic acids is 1. The summed E-state index contributed by atoms with van der Waals surface area (Å²) in [6.45, 7) is 5.47. The highest BCUT2D eigenvalue weighted by Crippen LogP contribution is 2.20. The molecular formula is C15H21N3O2. The molecule has 1 atom stereocenters. The Labute approximate surface area is 118 Å². The molecule has 1 unspecified atom stereocenters. The van der Waals surface area contributed by atoms with E-state index in [4.69, 9.17) is 5.11 Å². The van der Waals surface area contributed by atoms with Crippen molar-refractivity contribution >= 4 is 16.9 Å². The first kappa shape index (κ1) is 14.5. The van der Waals surface area contributed by atoms with E-state index in [0.717, 1.165) is 23.1 Å². The number of hydrogen-bond acceptors (Lipinski definition) is 3. The van der Waals surface area contributed by atoms with Crippen molar-refractivity contribution < 1.29 is 9.90 Å². The molecule has 2 aromatic rings. The monoisotopic (exact) mass is 275 g/mol. The second-order valence-electron chi connectivity index (χ2n) is 5.10. The normalized spacial score (nSPS) is 13.0. The van der Waals surface area contributed by atoms with E-state index in [1.165, 1.54) is 0 Å². The van der Waals surface area contributed by atoms with Crippen molar-refractivity contribution in [2.75, 3.05) is 6.54 Å². The van der Waals surface area contributed by atoms with Crippen molar-refractivity contribution in [3.8, 4) is 0 Å². The van der Waals surface area contributed by atoms with Crippen LogP contribution in [0.5, 0.6) is 0 Å². The Hall–Kier alpha value is -1.88. The van der Waals surface area contributed by atoms with Gasteiger partial charge in [0, 0.05) is 25.0 Å². The van der Waals surface area contributed by atoms with E-state index >= 15 is 0 Å². The Bertz CT molecular complexity index is 606. The summed E-state index contributed by atoms with van der Waals surface area (Å²) in [6, 6.07) is 8.11. The molecule has 0 fully saturated rings. The molecule has 20 heavy (non-hydrogen) atoms. The number of hydrogen-bond donors (Lipinski definition) is 1. The molecule has 0 bridgehead atoms.